The van der Waals surface area contributed by atoms with Crippen LogP contribution in [0.15, 0.2) is 59.1 Å². The minimum absolute atomic E-state index is 0.152. The highest BCUT2D eigenvalue weighted by Crippen LogP contribution is 2.67. The first-order chi connectivity index (χ1) is 19.5. The van der Waals surface area contributed by atoms with Crippen molar-refractivity contribution in [2.45, 2.75) is 60.2 Å². The summed E-state index contributed by atoms with van der Waals surface area (Å²) in [5.74, 6) is -6.65. The SMILES string of the molecule is CC(=O)C1=C(O)C(C(C)C)[C@@]2(C)[C@H](O)[C@]3(C)C(=C(O)[C@@]2(O)C1=O)C(=O)c1c(O)cccc1/C3=C\c1ccc(C)cc1C. The molecule has 0 radical (unpaired) electrons. The van der Waals surface area contributed by atoms with E-state index in [0.29, 0.717) is 11.1 Å². The molecule has 2 aromatic rings. The average Bonchev–Trinajstić information content (AvgIpc) is 2.89. The van der Waals surface area contributed by atoms with Crippen molar-refractivity contribution < 1.29 is 39.9 Å². The van der Waals surface area contributed by atoms with E-state index in [-0.39, 0.29) is 11.3 Å². The second-order valence-corrected chi connectivity index (χ2v) is 12.6. The molecule has 0 saturated heterocycles. The van der Waals surface area contributed by atoms with Crippen LogP contribution < -0.4 is 0 Å². The van der Waals surface area contributed by atoms with Gasteiger partial charge in [0.15, 0.2) is 17.2 Å². The molecular formula is C34H36O8. The van der Waals surface area contributed by atoms with Gasteiger partial charge in [-0.05, 0) is 68.0 Å². The topological polar surface area (TPSA) is 152 Å². The maximum absolute atomic E-state index is 14.2. The van der Waals surface area contributed by atoms with Crippen LogP contribution in [0.2, 0.25) is 0 Å². The molecule has 0 saturated carbocycles. The van der Waals surface area contributed by atoms with Gasteiger partial charge in [-0.3, -0.25) is 14.4 Å². The summed E-state index contributed by atoms with van der Waals surface area (Å²) in [5.41, 5.74) is -4.61. The van der Waals surface area contributed by atoms with Crippen molar-refractivity contribution in [1.82, 2.24) is 0 Å². The lowest BCUT2D eigenvalue weighted by atomic mass is 9.42. The summed E-state index contributed by atoms with van der Waals surface area (Å²) in [5, 5.41) is 59.0. The van der Waals surface area contributed by atoms with Gasteiger partial charge in [-0.15, -0.1) is 0 Å². The molecule has 0 bridgehead atoms. The van der Waals surface area contributed by atoms with Gasteiger partial charge in [-0.2, -0.15) is 0 Å². The van der Waals surface area contributed by atoms with Crippen molar-refractivity contribution in [2.75, 3.05) is 0 Å². The predicted molar refractivity (Wildman–Crippen MR) is 157 cm³/mol. The maximum atomic E-state index is 14.2. The Labute approximate surface area is 244 Å². The molecule has 220 valence electrons. The Hall–Kier alpha value is -4.01. The van der Waals surface area contributed by atoms with E-state index in [1.165, 1.54) is 13.0 Å². The number of carbonyl (C=O) groups excluding carboxylic acids is 3. The van der Waals surface area contributed by atoms with E-state index in [0.717, 1.165) is 23.6 Å². The number of Topliss-reactive ketones (excluding diaryl/α,β-unsaturated/α-hetero) is 3. The Morgan fingerprint density at radius 1 is 1.02 bits per heavy atom. The number of benzene rings is 2. The van der Waals surface area contributed by atoms with Gasteiger partial charge >= 0.3 is 0 Å². The van der Waals surface area contributed by atoms with Crippen molar-refractivity contribution in [3.63, 3.8) is 0 Å². The Kier molecular flexibility index (Phi) is 6.49. The quantitative estimate of drug-likeness (QED) is 0.325. The normalized spacial score (nSPS) is 31.8. The summed E-state index contributed by atoms with van der Waals surface area (Å²) in [7, 11) is 0. The van der Waals surface area contributed by atoms with Gasteiger partial charge < -0.3 is 25.5 Å². The molecule has 0 heterocycles. The number of phenolic OH excluding ortho intramolecular Hbond substituents is 1. The lowest BCUT2D eigenvalue weighted by molar-refractivity contribution is -0.202. The monoisotopic (exact) mass is 572 g/mol. The number of aromatic hydroxyl groups is 1. The van der Waals surface area contributed by atoms with E-state index in [2.05, 4.69) is 0 Å². The van der Waals surface area contributed by atoms with Crippen molar-refractivity contribution in [3.05, 3.63) is 86.9 Å². The van der Waals surface area contributed by atoms with Crippen LogP contribution in [0, 0.1) is 36.5 Å². The van der Waals surface area contributed by atoms with Crippen LogP contribution in [0.25, 0.3) is 11.6 Å². The maximum Gasteiger partial charge on any atom is 0.209 e. The molecule has 0 aromatic heterocycles. The summed E-state index contributed by atoms with van der Waals surface area (Å²) in [6.07, 6.45) is 0.0273. The first-order valence-electron chi connectivity index (χ1n) is 14.0. The van der Waals surface area contributed by atoms with Crippen LogP contribution in [-0.4, -0.2) is 54.6 Å². The Morgan fingerprint density at radius 3 is 2.24 bits per heavy atom. The standard InChI is InChI=1S/C34H36O8/c1-15(2)25-27(37)23(18(5)35)29(39)34(42)30(40)26-28(38)24-20(9-8-10-22(24)36)21(32(26,6)31(41)33(25,34)7)14-19-12-11-16(3)13-17(19)4/h8-15,25,31,36-37,40-42H,1-7H3/b21-14+/t25?,31-,32+,33+,34+/m1/s1. The Morgan fingerprint density at radius 2 is 1.67 bits per heavy atom. The number of carbonyl (C=O) groups is 3. The third kappa shape index (κ3) is 3.39. The van der Waals surface area contributed by atoms with Gasteiger partial charge in [0.05, 0.1) is 22.7 Å². The second-order valence-electron chi connectivity index (χ2n) is 12.6. The number of rotatable bonds is 3. The van der Waals surface area contributed by atoms with E-state index < -0.39 is 74.4 Å². The molecule has 8 heteroatoms. The Bertz CT molecular complexity index is 1690. The molecule has 3 aliphatic rings. The van der Waals surface area contributed by atoms with Crippen LogP contribution in [0.3, 0.4) is 0 Å². The molecular weight excluding hydrogens is 536 g/mol. The number of aryl methyl sites for hydroxylation is 2. The highest BCUT2D eigenvalue weighted by Gasteiger charge is 2.75. The minimum Gasteiger partial charge on any atom is -0.511 e. The van der Waals surface area contributed by atoms with E-state index in [1.54, 1.807) is 39.0 Å². The van der Waals surface area contributed by atoms with Crippen molar-refractivity contribution >= 4 is 29.0 Å². The predicted octanol–water partition coefficient (Wildman–Crippen LogP) is 4.93. The minimum atomic E-state index is -2.94. The molecule has 42 heavy (non-hydrogen) atoms. The van der Waals surface area contributed by atoms with Crippen LogP contribution in [0.1, 0.15) is 67.2 Å². The fourth-order valence-corrected chi connectivity index (χ4v) is 7.85. The van der Waals surface area contributed by atoms with Crippen LogP contribution in [0.5, 0.6) is 5.75 Å². The summed E-state index contributed by atoms with van der Waals surface area (Å²) < 4.78 is 0. The van der Waals surface area contributed by atoms with Crippen LogP contribution >= 0.6 is 0 Å². The first kappa shape index (κ1) is 29.5. The highest BCUT2D eigenvalue weighted by atomic mass is 16.4. The molecule has 8 nitrogen and oxygen atoms in total. The highest BCUT2D eigenvalue weighted by molar-refractivity contribution is 6.26. The molecule has 0 amide bonds. The molecule has 5 N–H and O–H groups in total. The zero-order chi connectivity index (χ0) is 31.3. The first-order valence-corrected chi connectivity index (χ1v) is 14.0. The van der Waals surface area contributed by atoms with Gasteiger partial charge in [-0.1, -0.05) is 56.7 Å². The number of hydrogen-bond acceptors (Lipinski definition) is 8. The van der Waals surface area contributed by atoms with Gasteiger partial charge in [0, 0.05) is 11.3 Å². The average molecular weight is 573 g/mol. The number of phenols is 1. The largest absolute Gasteiger partial charge is 0.511 e. The van der Waals surface area contributed by atoms with Crippen molar-refractivity contribution in [3.8, 4) is 5.75 Å². The molecule has 0 spiro atoms. The van der Waals surface area contributed by atoms with Gasteiger partial charge in [-0.25, -0.2) is 0 Å². The van der Waals surface area contributed by atoms with Crippen molar-refractivity contribution in [2.24, 2.45) is 22.7 Å². The molecule has 2 aromatic carbocycles. The molecule has 0 aliphatic heterocycles. The van der Waals surface area contributed by atoms with Gasteiger partial charge in [0.1, 0.15) is 22.8 Å². The summed E-state index contributed by atoms with van der Waals surface area (Å²) >= 11 is 0. The second kappa shape index (κ2) is 9.24. The Balaban J connectivity index is 1.97. The van der Waals surface area contributed by atoms with E-state index in [9.17, 15) is 39.9 Å². The molecule has 5 atom stereocenters. The zero-order valence-corrected chi connectivity index (χ0v) is 24.7. The molecule has 5 rings (SSSR count). The number of allylic oxidation sites excluding steroid dienone is 1. The fraction of sp³-hybridized carbons (Fsp3) is 0.382. The van der Waals surface area contributed by atoms with Gasteiger partial charge in [0.2, 0.25) is 5.78 Å². The van der Waals surface area contributed by atoms with E-state index in [1.807, 2.05) is 32.0 Å². The number of hydrogen-bond donors (Lipinski definition) is 5. The van der Waals surface area contributed by atoms with E-state index in [4.69, 9.17) is 0 Å². The lowest BCUT2D eigenvalue weighted by Crippen LogP contribution is -2.73. The summed E-state index contributed by atoms with van der Waals surface area (Å²) in [4.78, 5) is 40.7. The van der Waals surface area contributed by atoms with Crippen LogP contribution in [0.4, 0.5) is 0 Å². The molecule has 1 unspecified atom stereocenters. The molecule has 3 aliphatic carbocycles. The van der Waals surface area contributed by atoms with Crippen molar-refractivity contribution in [1.29, 1.82) is 0 Å². The number of aliphatic hydroxyl groups excluding tert-OH is 3. The zero-order valence-electron chi connectivity index (χ0n) is 24.7. The molecule has 0 fully saturated rings. The van der Waals surface area contributed by atoms with Crippen LogP contribution in [-0.2, 0) is 9.59 Å². The number of fused-ring (bicyclic) bond motifs is 3. The fourth-order valence-electron chi connectivity index (χ4n) is 7.85. The lowest BCUT2D eigenvalue weighted by Gasteiger charge is -2.62. The summed E-state index contributed by atoms with van der Waals surface area (Å²) in [6.45, 7) is 11.3. The third-order valence-corrected chi connectivity index (χ3v) is 9.84. The van der Waals surface area contributed by atoms with Gasteiger partial charge in [0.25, 0.3) is 0 Å². The van der Waals surface area contributed by atoms with E-state index >= 15 is 0 Å². The number of ketones is 3. The smallest absolute Gasteiger partial charge is 0.209 e. The third-order valence-electron chi connectivity index (χ3n) is 9.84. The number of aliphatic hydroxyl groups is 4. The summed E-state index contributed by atoms with van der Waals surface area (Å²) in [6, 6.07) is 10.3.